The summed E-state index contributed by atoms with van der Waals surface area (Å²) in [6.45, 7) is 2.25. The fourth-order valence-electron chi connectivity index (χ4n) is 3.11. The molecule has 0 bridgehead atoms. The van der Waals surface area contributed by atoms with Crippen LogP contribution in [-0.2, 0) is 3.42 Å². The Balaban J connectivity index is 0.000000166. The molecule has 0 unspecified atom stereocenters. The van der Waals surface area contributed by atoms with Crippen molar-refractivity contribution in [2.75, 3.05) is 0 Å². The van der Waals surface area contributed by atoms with Crippen molar-refractivity contribution in [1.29, 1.82) is 0 Å². The lowest BCUT2D eigenvalue weighted by molar-refractivity contribution is 0.883. The van der Waals surface area contributed by atoms with E-state index in [-0.39, 0.29) is 3.42 Å². The maximum Gasteiger partial charge on any atom is 0.0690 e. The molecule has 4 aromatic rings. The van der Waals surface area contributed by atoms with Crippen LogP contribution in [0.4, 0.5) is 0 Å². The van der Waals surface area contributed by atoms with Crippen LogP contribution in [-0.4, -0.2) is 0 Å². The van der Waals surface area contributed by atoms with Crippen LogP contribution < -0.4 is 0 Å². The molecule has 0 saturated carbocycles. The smallest absolute Gasteiger partial charge is 0.0690 e. The predicted molar refractivity (Wildman–Crippen MR) is 142 cm³/mol. The van der Waals surface area contributed by atoms with Gasteiger partial charge in [-0.15, -0.1) is 0 Å². The molecule has 0 aliphatic heterocycles. The molecule has 0 atom stereocenters. The molecule has 0 aromatic heterocycles. The topological polar surface area (TPSA) is 0 Å². The van der Waals surface area contributed by atoms with E-state index in [0.29, 0.717) is 3.92 Å². The SMILES string of the molecule is CC(I)(c1ccccc1)c1ccccc1.IC(c1ccccc1)c1ccccc1. The lowest BCUT2D eigenvalue weighted by Gasteiger charge is -2.23. The summed E-state index contributed by atoms with van der Waals surface area (Å²) < 4.78 is 0.510. The van der Waals surface area contributed by atoms with Crippen LogP contribution in [0.1, 0.15) is 33.1 Å². The highest BCUT2D eigenvalue weighted by molar-refractivity contribution is 14.1. The first-order valence-corrected chi connectivity index (χ1v) is 12.0. The lowest BCUT2D eigenvalue weighted by atomic mass is 9.93. The van der Waals surface area contributed by atoms with Gasteiger partial charge in [-0.25, -0.2) is 0 Å². The summed E-state index contributed by atoms with van der Waals surface area (Å²) >= 11 is 4.98. The Labute approximate surface area is 201 Å². The first kappa shape index (κ1) is 22.0. The Morgan fingerprint density at radius 2 is 0.793 bits per heavy atom. The van der Waals surface area contributed by atoms with Gasteiger partial charge in [-0.2, -0.15) is 0 Å². The molecule has 0 heterocycles. The van der Waals surface area contributed by atoms with Crippen molar-refractivity contribution in [2.24, 2.45) is 0 Å². The maximum atomic E-state index is 2.51. The summed E-state index contributed by atoms with van der Waals surface area (Å²) in [5, 5.41) is 0. The summed E-state index contributed by atoms with van der Waals surface area (Å²) in [7, 11) is 0. The van der Waals surface area contributed by atoms with E-state index in [0.717, 1.165) is 0 Å². The number of rotatable bonds is 4. The van der Waals surface area contributed by atoms with E-state index in [4.69, 9.17) is 0 Å². The van der Waals surface area contributed by atoms with Gasteiger partial charge in [0, 0.05) is 0 Å². The van der Waals surface area contributed by atoms with Crippen LogP contribution in [0.2, 0.25) is 0 Å². The van der Waals surface area contributed by atoms with Gasteiger partial charge in [-0.3, -0.25) is 0 Å². The van der Waals surface area contributed by atoms with Gasteiger partial charge in [-0.1, -0.05) is 167 Å². The van der Waals surface area contributed by atoms with Gasteiger partial charge in [0.05, 0.1) is 7.35 Å². The maximum absolute atomic E-state index is 2.51. The molecule has 4 aromatic carbocycles. The Kier molecular flexibility index (Phi) is 8.30. The average Bonchev–Trinajstić information content (AvgIpc) is 2.81. The van der Waals surface area contributed by atoms with Crippen LogP contribution in [0.3, 0.4) is 0 Å². The van der Waals surface area contributed by atoms with Crippen molar-refractivity contribution >= 4 is 45.2 Å². The minimum Gasteiger partial charge on any atom is -0.0722 e. The summed E-state index contributed by atoms with van der Waals surface area (Å²) in [6.07, 6.45) is 0. The van der Waals surface area contributed by atoms with Crippen molar-refractivity contribution in [3.63, 3.8) is 0 Å². The lowest BCUT2D eigenvalue weighted by Crippen LogP contribution is -2.14. The molecule has 4 rings (SSSR count). The van der Waals surface area contributed by atoms with Crippen molar-refractivity contribution in [3.8, 4) is 0 Å². The third-order valence-electron chi connectivity index (χ3n) is 4.82. The van der Waals surface area contributed by atoms with Gasteiger partial charge in [0.15, 0.2) is 0 Å². The van der Waals surface area contributed by atoms with E-state index < -0.39 is 0 Å². The summed E-state index contributed by atoms with van der Waals surface area (Å²) in [5.41, 5.74) is 5.41. The van der Waals surface area contributed by atoms with Crippen molar-refractivity contribution < 1.29 is 0 Å². The molecular weight excluding hydrogens is 578 g/mol. The Bertz CT molecular complexity index is 885. The average molecular weight is 602 g/mol. The molecule has 0 aliphatic carbocycles. The highest BCUT2D eigenvalue weighted by Gasteiger charge is 2.24. The van der Waals surface area contributed by atoms with Gasteiger partial charge in [0.1, 0.15) is 0 Å². The number of alkyl halides is 2. The van der Waals surface area contributed by atoms with E-state index in [1.807, 2.05) is 0 Å². The van der Waals surface area contributed by atoms with Crippen molar-refractivity contribution in [2.45, 2.75) is 14.3 Å². The molecule has 29 heavy (non-hydrogen) atoms. The molecular formula is C27H24I2. The molecule has 146 valence electrons. The number of halogens is 2. The summed E-state index contributed by atoms with van der Waals surface area (Å²) in [4.78, 5) is 0. The second-order valence-electron chi connectivity index (χ2n) is 6.92. The molecule has 0 N–H and O–H groups in total. The van der Waals surface area contributed by atoms with Gasteiger partial charge >= 0.3 is 0 Å². The van der Waals surface area contributed by atoms with E-state index >= 15 is 0 Å². The fourth-order valence-corrected chi connectivity index (χ4v) is 4.66. The summed E-state index contributed by atoms with van der Waals surface area (Å²) in [6, 6.07) is 42.3. The van der Waals surface area contributed by atoms with Gasteiger partial charge < -0.3 is 0 Å². The standard InChI is InChI=1S/C14H13I.C13H11I/c1-14(15,12-8-4-2-5-9-12)13-10-6-3-7-11-13;14-13(11-7-3-1-4-8-11)12-9-5-2-6-10-12/h2-11H,1H3;1-10,13H. The number of hydrogen-bond donors (Lipinski definition) is 0. The highest BCUT2D eigenvalue weighted by atomic mass is 127. The molecule has 0 aliphatic rings. The second-order valence-corrected chi connectivity index (χ2v) is 10.3. The Hall–Kier alpha value is -1.66. The zero-order chi connectivity index (χ0) is 20.5. The minimum atomic E-state index is 0.0558. The number of benzene rings is 4. The summed E-state index contributed by atoms with van der Waals surface area (Å²) in [5.74, 6) is 0. The third-order valence-corrected chi connectivity index (χ3v) is 7.50. The van der Waals surface area contributed by atoms with Gasteiger partial charge in [0.25, 0.3) is 0 Å². The van der Waals surface area contributed by atoms with Crippen LogP contribution in [0, 0.1) is 0 Å². The Morgan fingerprint density at radius 3 is 1.10 bits per heavy atom. The van der Waals surface area contributed by atoms with Crippen molar-refractivity contribution in [1.82, 2.24) is 0 Å². The monoisotopic (exact) mass is 602 g/mol. The minimum absolute atomic E-state index is 0.0558. The normalized spacial score (nSPS) is 10.9. The molecule has 0 saturated heterocycles. The van der Waals surface area contributed by atoms with Gasteiger partial charge in [0.2, 0.25) is 0 Å². The largest absolute Gasteiger partial charge is 0.0722 e. The van der Waals surface area contributed by atoms with Crippen LogP contribution in [0.25, 0.3) is 0 Å². The third kappa shape index (κ3) is 6.16. The molecule has 0 fully saturated rings. The highest BCUT2D eigenvalue weighted by Crippen LogP contribution is 2.38. The zero-order valence-electron chi connectivity index (χ0n) is 16.4. The Morgan fingerprint density at radius 1 is 0.517 bits per heavy atom. The first-order valence-electron chi connectivity index (χ1n) is 9.63. The van der Waals surface area contributed by atoms with Crippen LogP contribution >= 0.6 is 45.2 Å². The fraction of sp³-hybridized carbons (Fsp3) is 0.111. The van der Waals surface area contributed by atoms with Crippen LogP contribution in [0.15, 0.2) is 121 Å². The molecule has 2 heteroatoms. The van der Waals surface area contributed by atoms with Crippen molar-refractivity contribution in [3.05, 3.63) is 144 Å². The molecule has 0 spiro atoms. The van der Waals surface area contributed by atoms with E-state index in [2.05, 4.69) is 173 Å². The van der Waals surface area contributed by atoms with Gasteiger partial charge in [-0.05, 0) is 29.2 Å². The molecule has 0 amide bonds. The second kappa shape index (κ2) is 10.9. The van der Waals surface area contributed by atoms with E-state index in [1.165, 1.54) is 22.3 Å². The predicted octanol–water partition coefficient (Wildman–Crippen LogP) is 8.60. The van der Waals surface area contributed by atoms with E-state index in [9.17, 15) is 0 Å². The van der Waals surface area contributed by atoms with Crippen LogP contribution in [0.5, 0.6) is 0 Å². The first-order chi connectivity index (χ1) is 14.1. The number of hydrogen-bond acceptors (Lipinski definition) is 0. The zero-order valence-corrected chi connectivity index (χ0v) is 20.7. The van der Waals surface area contributed by atoms with E-state index in [1.54, 1.807) is 0 Å². The molecule has 0 nitrogen and oxygen atoms in total. The molecule has 0 radical (unpaired) electrons. The quantitative estimate of drug-likeness (QED) is 0.162.